The van der Waals surface area contributed by atoms with E-state index in [1.54, 1.807) is 14.0 Å². The van der Waals surface area contributed by atoms with Crippen LogP contribution in [0.5, 0.6) is 5.75 Å². The number of benzene rings is 2. The Kier molecular flexibility index (Phi) is 4.33. The number of amides is 1. The highest BCUT2D eigenvalue weighted by Crippen LogP contribution is 2.27. The second-order valence-corrected chi connectivity index (χ2v) is 5.45. The molecule has 0 aliphatic heterocycles. The van der Waals surface area contributed by atoms with Crippen molar-refractivity contribution >= 4 is 11.6 Å². The van der Waals surface area contributed by atoms with E-state index in [0.717, 1.165) is 11.1 Å². The van der Waals surface area contributed by atoms with E-state index in [9.17, 15) is 4.79 Å². The lowest BCUT2D eigenvalue weighted by Gasteiger charge is -2.10. The first-order valence-corrected chi connectivity index (χ1v) is 7.57. The molecule has 0 saturated heterocycles. The molecule has 24 heavy (non-hydrogen) atoms. The molecule has 1 N–H and O–H groups in total. The third-order valence-electron chi connectivity index (χ3n) is 3.64. The van der Waals surface area contributed by atoms with E-state index in [2.05, 4.69) is 10.3 Å². The molecule has 0 aliphatic rings. The van der Waals surface area contributed by atoms with Gasteiger partial charge >= 0.3 is 0 Å². The molecular weight excluding hydrogens is 304 g/mol. The Hall–Kier alpha value is -3.08. The van der Waals surface area contributed by atoms with E-state index in [0.29, 0.717) is 23.1 Å². The molecule has 0 atom stereocenters. The predicted molar refractivity (Wildman–Crippen MR) is 92.4 cm³/mol. The van der Waals surface area contributed by atoms with E-state index in [1.165, 1.54) is 0 Å². The minimum Gasteiger partial charge on any atom is -0.495 e. The summed E-state index contributed by atoms with van der Waals surface area (Å²) in [4.78, 5) is 16.9. The van der Waals surface area contributed by atoms with Gasteiger partial charge in [-0.25, -0.2) is 4.98 Å². The summed E-state index contributed by atoms with van der Waals surface area (Å²) < 4.78 is 10.9. The van der Waals surface area contributed by atoms with Crippen molar-refractivity contribution in [3.63, 3.8) is 0 Å². The topological polar surface area (TPSA) is 64.4 Å². The van der Waals surface area contributed by atoms with Crippen LogP contribution in [0.4, 0.5) is 5.69 Å². The molecule has 1 amide bonds. The second kappa shape index (κ2) is 6.58. The SMILES string of the molecule is COc1ccc(C)cc1NC(=O)c1nc(-c2ccccc2)oc1C. The third-order valence-corrected chi connectivity index (χ3v) is 3.64. The van der Waals surface area contributed by atoms with E-state index in [4.69, 9.17) is 9.15 Å². The summed E-state index contributed by atoms with van der Waals surface area (Å²) in [6.45, 7) is 3.67. The molecule has 3 rings (SSSR count). The van der Waals surface area contributed by atoms with Crippen molar-refractivity contribution in [1.29, 1.82) is 0 Å². The first kappa shape index (κ1) is 15.8. The van der Waals surface area contributed by atoms with Gasteiger partial charge in [-0.05, 0) is 43.7 Å². The molecule has 5 heteroatoms. The van der Waals surface area contributed by atoms with Gasteiger partial charge in [0.2, 0.25) is 5.89 Å². The number of carbonyl (C=O) groups excluding carboxylic acids is 1. The van der Waals surface area contributed by atoms with Gasteiger partial charge in [0.05, 0.1) is 12.8 Å². The number of rotatable bonds is 4. The number of hydrogen-bond donors (Lipinski definition) is 1. The van der Waals surface area contributed by atoms with Gasteiger partial charge in [0, 0.05) is 5.56 Å². The van der Waals surface area contributed by atoms with E-state index >= 15 is 0 Å². The van der Waals surface area contributed by atoms with Crippen LogP contribution >= 0.6 is 0 Å². The van der Waals surface area contributed by atoms with Crippen molar-refractivity contribution in [3.8, 4) is 17.2 Å². The lowest BCUT2D eigenvalue weighted by molar-refractivity contribution is 0.102. The largest absolute Gasteiger partial charge is 0.495 e. The number of oxazole rings is 1. The van der Waals surface area contributed by atoms with Gasteiger partial charge in [0.25, 0.3) is 5.91 Å². The maximum atomic E-state index is 12.6. The number of ether oxygens (including phenoxy) is 1. The third kappa shape index (κ3) is 3.15. The fraction of sp³-hybridized carbons (Fsp3) is 0.158. The van der Waals surface area contributed by atoms with Crippen molar-refractivity contribution in [3.05, 3.63) is 65.5 Å². The van der Waals surface area contributed by atoms with Gasteiger partial charge in [0.15, 0.2) is 5.69 Å². The molecule has 3 aromatic rings. The second-order valence-electron chi connectivity index (χ2n) is 5.45. The zero-order valence-corrected chi connectivity index (χ0v) is 13.8. The number of hydrogen-bond acceptors (Lipinski definition) is 4. The summed E-state index contributed by atoms with van der Waals surface area (Å²) in [7, 11) is 1.56. The number of aryl methyl sites for hydroxylation is 2. The van der Waals surface area contributed by atoms with Gasteiger partial charge < -0.3 is 14.5 Å². The number of carbonyl (C=O) groups is 1. The van der Waals surface area contributed by atoms with Crippen molar-refractivity contribution < 1.29 is 13.9 Å². The van der Waals surface area contributed by atoms with Gasteiger partial charge in [-0.2, -0.15) is 0 Å². The van der Waals surface area contributed by atoms with Crippen molar-refractivity contribution in [1.82, 2.24) is 4.98 Å². The van der Waals surface area contributed by atoms with Crippen LogP contribution in [-0.2, 0) is 0 Å². The average Bonchev–Trinajstić information content (AvgIpc) is 2.98. The molecule has 0 radical (unpaired) electrons. The Morgan fingerprint density at radius 3 is 2.58 bits per heavy atom. The molecule has 0 spiro atoms. The van der Waals surface area contributed by atoms with Gasteiger partial charge in [-0.1, -0.05) is 24.3 Å². The molecule has 0 aliphatic carbocycles. The molecule has 1 aromatic heterocycles. The minimum absolute atomic E-state index is 0.261. The first-order chi connectivity index (χ1) is 11.6. The van der Waals surface area contributed by atoms with Crippen LogP contribution in [0.25, 0.3) is 11.5 Å². The van der Waals surface area contributed by atoms with Crippen LogP contribution in [0.1, 0.15) is 21.8 Å². The highest BCUT2D eigenvalue weighted by atomic mass is 16.5. The molecule has 0 bridgehead atoms. The summed E-state index contributed by atoms with van der Waals surface area (Å²) in [5, 5.41) is 2.84. The van der Waals surface area contributed by atoms with Crippen LogP contribution in [0.3, 0.4) is 0 Å². The number of aromatic nitrogens is 1. The fourth-order valence-corrected chi connectivity index (χ4v) is 2.41. The van der Waals surface area contributed by atoms with Gasteiger partial charge in [0.1, 0.15) is 11.5 Å². The number of anilines is 1. The monoisotopic (exact) mass is 322 g/mol. The highest BCUT2D eigenvalue weighted by molar-refractivity contribution is 6.04. The lowest BCUT2D eigenvalue weighted by Crippen LogP contribution is -2.14. The molecule has 1 heterocycles. The van der Waals surface area contributed by atoms with Crippen molar-refractivity contribution in [2.45, 2.75) is 13.8 Å². The summed E-state index contributed by atoms with van der Waals surface area (Å²) in [5.41, 5.74) is 2.71. The van der Waals surface area contributed by atoms with E-state index in [1.807, 2.05) is 55.5 Å². The van der Waals surface area contributed by atoms with Crippen LogP contribution in [0.2, 0.25) is 0 Å². The van der Waals surface area contributed by atoms with E-state index < -0.39 is 0 Å². The predicted octanol–water partition coefficient (Wildman–Crippen LogP) is 4.22. The Labute approximate surface area is 140 Å². The zero-order valence-electron chi connectivity index (χ0n) is 13.8. The Morgan fingerprint density at radius 2 is 1.88 bits per heavy atom. The van der Waals surface area contributed by atoms with Crippen LogP contribution in [-0.4, -0.2) is 18.0 Å². The van der Waals surface area contributed by atoms with Crippen molar-refractivity contribution in [2.75, 3.05) is 12.4 Å². The average molecular weight is 322 g/mol. The summed E-state index contributed by atoms with van der Waals surface area (Å²) in [6.07, 6.45) is 0. The van der Waals surface area contributed by atoms with Crippen LogP contribution < -0.4 is 10.1 Å². The highest BCUT2D eigenvalue weighted by Gasteiger charge is 2.19. The first-order valence-electron chi connectivity index (χ1n) is 7.57. The molecule has 0 saturated carbocycles. The Bertz CT molecular complexity index is 870. The summed E-state index contributed by atoms with van der Waals surface area (Å²) in [5.74, 6) is 1.16. The molecule has 0 fully saturated rings. The maximum absolute atomic E-state index is 12.6. The van der Waals surface area contributed by atoms with Gasteiger partial charge in [-0.3, -0.25) is 4.79 Å². The maximum Gasteiger partial charge on any atom is 0.278 e. The quantitative estimate of drug-likeness (QED) is 0.781. The lowest BCUT2D eigenvalue weighted by atomic mass is 10.2. The van der Waals surface area contributed by atoms with Crippen LogP contribution in [0, 0.1) is 13.8 Å². The molecule has 5 nitrogen and oxygen atoms in total. The standard InChI is InChI=1S/C19H18N2O3/c1-12-9-10-16(23-3)15(11-12)20-18(22)17-13(2)24-19(21-17)14-7-5-4-6-8-14/h4-11H,1-3H3,(H,20,22). The number of nitrogens with zero attached hydrogens (tertiary/aromatic N) is 1. The smallest absolute Gasteiger partial charge is 0.278 e. The normalized spacial score (nSPS) is 10.5. The molecule has 0 unspecified atom stereocenters. The minimum atomic E-state index is -0.331. The number of methoxy groups -OCH3 is 1. The Morgan fingerprint density at radius 1 is 1.12 bits per heavy atom. The molecular formula is C19H18N2O3. The van der Waals surface area contributed by atoms with E-state index in [-0.39, 0.29) is 11.6 Å². The summed E-state index contributed by atoms with van der Waals surface area (Å²) >= 11 is 0. The Balaban J connectivity index is 1.89. The molecule has 122 valence electrons. The zero-order chi connectivity index (χ0) is 17.1. The number of nitrogens with one attached hydrogen (secondary N) is 1. The van der Waals surface area contributed by atoms with Gasteiger partial charge in [-0.15, -0.1) is 0 Å². The van der Waals surface area contributed by atoms with Crippen LogP contribution in [0.15, 0.2) is 52.9 Å². The molecule has 2 aromatic carbocycles. The van der Waals surface area contributed by atoms with Crippen molar-refractivity contribution in [2.24, 2.45) is 0 Å². The fourth-order valence-electron chi connectivity index (χ4n) is 2.41. The summed E-state index contributed by atoms with van der Waals surface area (Å²) in [6, 6.07) is 15.1.